The Balaban J connectivity index is 2.38. The summed E-state index contributed by atoms with van der Waals surface area (Å²) in [7, 11) is 1.88. The predicted octanol–water partition coefficient (Wildman–Crippen LogP) is 4.27. The maximum absolute atomic E-state index is 13.6. The van der Waals surface area contributed by atoms with Crippen molar-refractivity contribution in [3.63, 3.8) is 0 Å². The second-order valence-corrected chi connectivity index (χ2v) is 5.76. The van der Waals surface area contributed by atoms with Gasteiger partial charge >= 0.3 is 0 Å². The van der Waals surface area contributed by atoms with Crippen LogP contribution < -0.4 is 5.32 Å². The van der Waals surface area contributed by atoms with Crippen molar-refractivity contribution in [3.05, 3.63) is 55.9 Å². The molecule has 0 amide bonds. The molecule has 0 spiro atoms. The van der Waals surface area contributed by atoms with E-state index in [2.05, 4.69) is 27.3 Å². The number of benzene rings is 1. The second kappa shape index (κ2) is 5.29. The molecule has 1 N–H and O–H groups in total. The van der Waals surface area contributed by atoms with Crippen molar-refractivity contribution in [3.8, 4) is 0 Å². The van der Waals surface area contributed by atoms with E-state index in [1.54, 1.807) is 24.3 Å². The Bertz CT molecular complexity index is 524. The number of hydrogen-bond donors (Lipinski definition) is 1. The summed E-state index contributed by atoms with van der Waals surface area (Å²) in [5.74, 6) is -0.154. The zero-order valence-corrected chi connectivity index (χ0v) is 12.0. The summed E-state index contributed by atoms with van der Waals surface area (Å²) < 4.78 is 14.6. The molecule has 1 unspecified atom stereocenters. The second-order valence-electron chi connectivity index (χ2n) is 3.90. The molecular formula is C13H13BrFNS. The van der Waals surface area contributed by atoms with Crippen LogP contribution in [0.25, 0.3) is 0 Å². The molecule has 0 saturated heterocycles. The van der Waals surface area contributed by atoms with Gasteiger partial charge in [-0.1, -0.05) is 12.1 Å². The van der Waals surface area contributed by atoms with Crippen molar-refractivity contribution >= 4 is 27.3 Å². The van der Waals surface area contributed by atoms with Gasteiger partial charge in [-0.3, -0.25) is 0 Å². The Hall–Kier alpha value is -0.710. The van der Waals surface area contributed by atoms with Crippen molar-refractivity contribution in [2.45, 2.75) is 13.0 Å². The molecule has 0 aliphatic carbocycles. The molecule has 0 aliphatic heterocycles. The zero-order chi connectivity index (χ0) is 12.4. The van der Waals surface area contributed by atoms with Crippen LogP contribution in [0.15, 0.2) is 34.1 Å². The summed E-state index contributed by atoms with van der Waals surface area (Å²) in [5.41, 5.74) is 1.63. The fraction of sp³-hybridized carbons (Fsp3) is 0.231. The van der Waals surface area contributed by atoms with Gasteiger partial charge in [0.15, 0.2) is 0 Å². The average molecular weight is 314 g/mol. The third-order valence-corrected chi connectivity index (χ3v) is 4.45. The van der Waals surface area contributed by atoms with Crippen molar-refractivity contribution in [2.75, 3.05) is 7.05 Å². The number of nitrogens with one attached hydrogen (secondary N) is 1. The maximum Gasteiger partial charge on any atom is 0.126 e. The van der Waals surface area contributed by atoms with Gasteiger partial charge < -0.3 is 5.32 Å². The van der Waals surface area contributed by atoms with Gasteiger partial charge in [0.25, 0.3) is 0 Å². The molecule has 90 valence electrons. The molecule has 0 fully saturated rings. The topological polar surface area (TPSA) is 12.0 Å². The highest BCUT2D eigenvalue weighted by molar-refractivity contribution is 9.10. The Morgan fingerprint density at radius 3 is 2.65 bits per heavy atom. The lowest BCUT2D eigenvalue weighted by Crippen LogP contribution is -2.16. The minimum Gasteiger partial charge on any atom is -0.309 e. The van der Waals surface area contributed by atoms with Crippen LogP contribution in [-0.4, -0.2) is 7.05 Å². The van der Waals surface area contributed by atoms with Crippen LogP contribution >= 0.6 is 27.3 Å². The predicted molar refractivity (Wildman–Crippen MR) is 74.1 cm³/mol. The van der Waals surface area contributed by atoms with Crippen LogP contribution in [0.5, 0.6) is 0 Å². The molecule has 0 radical (unpaired) electrons. The first kappa shape index (κ1) is 12.7. The molecule has 1 nitrogen and oxygen atoms in total. The van der Waals surface area contributed by atoms with E-state index in [1.807, 2.05) is 24.6 Å². The summed E-state index contributed by atoms with van der Waals surface area (Å²) >= 11 is 5.09. The summed E-state index contributed by atoms with van der Waals surface area (Å²) in [6, 6.07) is 7.49. The fourth-order valence-corrected chi connectivity index (χ4v) is 3.32. The number of halogens is 2. The van der Waals surface area contributed by atoms with E-state index in [0.29, 0.717) is 5.56 Å². The van der Waals surface area contributed by atoms with Crippen LogP contribution in [0.2, 0.25) is 0 Å². The number of hydrogen-bond acceptors (Lipinski definition) is 2. The summed E-state index contributed by atoms with van der Waals surface area (Å²) in [4.78, 5) is 1.17. The van der Waals surface area contributed by atoms with E-state index >= 15 is 0 Å². The first-order valence-electron chi connectivity index (χ1n) is 5.29. The van der Waals surface area contributed by atoms with E-state index in [-0.39, 0.29) is 11.9 Å². The molecule has 1 aromatic carbocycles. The monoisotopic (exact) mass is 313 g/mol. The Labute approximate surface area is 113 Å². The van der Waals surface area contributed by atoms with E-state index < -0.39 is 0 Å². The van der Waals surface area contributed by atoms with Gasteiger partial charge in [-0.15, -0.1) is 11.3 Å². The Morgan fingerprint density at radius 2 is 2.12 bits per heavy atom. The largest absolute Gasteiger partial charge is 0.309 e. The third kappa shape index (κ3) is 2.76. The highest BCUT2D eigenvalue weighted by atomic mass is 79.9. The SMILES string of the molecule is CNC(c1ccc(C)c(F)c1)c1cc(Br)cs1. The standard InChI is InChI=1S/C13H13BrFNS/c1-8-3-4-9(5-11(8)15)13(16-2)12-6-10(14)7-17-12/h3-7,13,16H,1-2H3. The van der Waals surface area contributed by atoms with Gasteiger partial charge in [0.05, 0.1) is 6.04 Å². The molecule has 0 bridgehead atoms. The highest BCUT2D eigenvalue weighted by Crippen LogP contribution is 2.30. The maximum atomic E-state index is 13.6. The number of rotatable bonds is 3. The summed E-state index contributed by atoms with van der Waals surface area (Å²) in [5, 5.41) is 5.25. The van der Waals surface area contributed by atoms with Crippen LogP contribution in [0.3, 0.4) is 0 Å². The highest BCUT2D eigenvalue weighted by Gasteiger charge is 2.15. The molecule has 17 heavy (non-hydrogen) atoms. The molecule has 2 aromatic rings. The summed E-state index contributed by atoms with van der Waals surface area (Å²) in [6.45, 7) is 1.77. The zero-order valence-electron chi connectivity index (χ0n) is 9.63. The summed E-state index contributed by atoms with van der Waals surface area (Å²) in [6.07, 6.45) is 0. The van der Waals surface area contributed by atoms with Crippen LogP contribution in [0.1, 0.15) is 22.0 Å². The first-order valence-corrected chi connectivity index (χ1v) is 6.96. The molecule has 4 heteroatoms. The number of thiophene rings is 1. The smallest absolute Gasteiger partial charge is 0.126 e. The lowest BCUT2D eigenvalue weighted by molar-refractivity contribution is 0.609. The quantitative estimate of drug-likeness (QED) is 0.892. The van der Waals surface area contributed by atoms with E-state index in [0.717, 1.165) is 10.0 Å². The normalized spacial score (nSPS) is 12.7. The number of aryl methyl sites for hydroxylation is 1. The molecule has 2 rings (SSSR count). The van der Waals surface area contributed by atoms with Gasteiger partial charge in [0.1, 0.15) is 5.82 Å². The van der Waals surface area contributed by atoms with Gasteiger partial charge in [-0.25, -0.2) is 4.39 Å². The molecular weight excluding hydrogens is 301 g/mol. The van der Waals surface area contributed by atoms with E-state index in [9.17, 15) is 4.39 Å². The molecule has 1 aromatic heterocycles. The van der Waals surface area contributed by atoms with Crippen molar-refractivity contribution in [2.24, 2.45) is 0 Å². The van der Waals surface area contributed by atoms with Gasteiger partial charge in [-0.05, 0) is 53.2 Å². The third-order valence-electron chi connectivity index (χ3n) is 2.69. The fourth-order valence-electron chi connectivity index (χ4n) is 1.74. The van der Waals surface area contributed by atoms with E-state index in [1.165, 1.54) is 4.88 Å². The minimum atomic E-state index is -0.154. The first-order chi connectivity index (χ1) is 8.11. The van der Waals surface area contributed by atoms with Crippen LogP contribution in [0, 0.1) is 12.7 Å². The van der Waals surface area contributed by atoms with Crippen LogP contribution in [-0.2, 0) is 0 Å². The lowest BCUT2D eigenvalue weighted by atomic mass is 10.0. The average Bonchev–Trinajstić information content (AvgIpc) is 2.71. The molecule has 1 heterocycles. The van der Waals surface area contributed by atoms with Gasteiger partial charge in [0, 0.05) is 14.7 Å². The van der Waals surface area contributed by atoms with Crippen molar-refractivity contribution < 1.29 is 4.39 Å². The lowest BCUT2D eigenvalue weighted by Gasteiger charge is -2.15. The van der Waals surface area contributed by atoms with Gasteiger partial charge in [-0.2, -0.15) is 0 Å². The Kier molecular flexibility index (Phi) is 3.97. The molecule has 1 atom stereocenters. The molecule has 0 saturated carbocycles. The van der Waals surface area contributed by atoms with Gasteiger partial charge in [0.2, 0.25) is 0 Å². The minimum absolute atomic E-state index is 0.0430. The van der Waals surface area contributed by atoms with E-state index in [4.69, 9.17) is 0 Å². The Morgan fingerprint density at radius 1 is 1.35 bits per heavy atom. The van der Waals surface area contributed by atoms with Crippen molar-refractivity contribution in [1.82, 2.24) is 5.32 Å². The molecule has 0 aliphatic rings. The van der Waals surface area contributed by atoms with Crippen molar-refractivity contribution in [1.29, 1.82) is 0 Å². The van der Waals surface area contributed by atoms with Crippen LogP contribution in [0.4, 0.5) is 4.39 Å².